The molecule has 3 N–H and O–H groups in total. The standard InChI is InChI=1S/C31H21ClN4O3S.C25H14F2N4O3/c32-25-7-3-6-23(18-9-11-26-19(14-18)12-13-40(39)35-26)29(25)20-8-10-24-27(15-20)34-31(38)36(30(24)37)28-17-33-16-21-4-1-2-5-22(21)28;26-24(27)34-17-7-5-15(11-28)20(10-17)14-6-8-19-21(9-14)30-25(33)31(23(19)32)22-13-29-12-16-3-1-2-4-18(16)22/h1-11,14-17,35H,12-13H2,(H,34,38);1-10,12-13,24H,(H,30,33). The quantitative estimate of drug-likeness (QED) is 0.139. The summed E-state index contributed by atoms with van der Waals surface area (Å²) in [6.45, 7) is -3.02. The molecule has 0 amide bonds. The van der Waals surface area contributed by atoms with Gasteiger partial charge in [-0.2, -0.15) is 14.0 Å². The van der Waals surface area contributed by atoms with Crippen molar-refractivity contribution < 1.29 is 17.7 Å². The molecule has 1 aliphatic rings. The summed E-state index contributed by atoms with van der Waals surface area (Å²) in [5, 5.41) is 13.7. The first kappa shape index (κ1) is 47.0. The zero-order valence-electron chi connectivity index (χ0n) is 38.3. The van der Waals surface area contributed by atoms with Gasteiger partial charge in [-0.1, -0.05) is 90.5 Å². The summed E-state index contributed by atoms with van der Waals surface area (Å²) in [5.41, 5.74) is 5.65. The van der Waals surface area contributed by atoms with Crippen LogP contribution in [-0.2, 0) is 17.4 Å². The number of nitrogens with zero attached hydrogens (tertiary/aromatic N) is 5. The molecule has 1 atom stereocenters. The Morgan fingerprint density at radius 2 is 1.22 bits per heavy atom. The number of benzene rings is 7. The van der Waals surface area contributed by atoms with Crippen molar-refractivity contribution in [2.45, 2.75) is 13.0 Å². The number of aryl methyl sites for hydroxylation is 1. The van der Waals surface area contributed by atoms with Gasteiger partial charge in [-0.05, 0) is 94.9 Å². The fourth-order valence-electron chi connectivity index (χ4n) is 9.29. The molecule has 362 valence electrons. The van der Waals surface area contributed by atoms with E-state index in [2.05, 4.69) is 35.5 Å². The third-order valence-corrected chi connectivity index (χ3v) is 14.1. The van der Waals surface area contributed by atoms with Gasteiger partial charge in [-0.25, -0.2) is 22.9 Å². The molecule has 0 saturated carbocycles. The SMILES string of the molecule is N#Cc1ccc(OC(F)F)cc1-c1ccc2c(=O)n(-c3cncc4ccccc34)c(=O)[nH]c2c1.O=c1[nH]c2cc(-c3c(Cl)cccc3-c3ccc4c(c3)CCS(=O)N4)ccc2c(=O)n1-c1cncc2ccccc12. The summed E-state index contributed by atoms with van der Waals surface area (Å²) < 4.78 is 46.8. The number of anilines is 1. The fourth-order valence-corrected chi connectivity index (χ4v) is 10.5. The number of nitrogens with one attached hydrogen (secondary N) is 3. The highest BCUT2D eigenvalue weighted by molar-refractivity contribution is 7.86. The minimum atomic E-state index is -3.02. The third kappa shape index (κ3) is 8.67. The first-order valence-corrected chi connectivity index (χ1v) is 24.4. The molecule has 1 unspecified atom stereocenters. The third-order valence-electron chi connectivity index (χ3n) is 12.7. The van der Waals surface area contributed by atoms with Crippen molar-refractivity contribution in [3.8, 4) is 56.6 Å². The summed E-state index contributed by atoms with van der Waals surface area (Å²) >= 11 is 6.75. The number of aromatic nitrogens is 6. The molecule has 18 heteroatoms. The van der Waals surface area contributed by atoms with Crippen LogP contribution in [0.4, 0.5) is 14.5 Å². The molecular formula is C56H35ClF2N8O6S. The molecule has 0 radical (unpaired) electrons. The molecule has 5 heterocycles. The van der Waals surface area contributed by atoms with Gasteiger partial charge in [0.1, 0.15) is 16.7 Å². The van der Waals surface area contributed by atoms with Crippen LogP contribution in [0.3, 0.4) is 0 Å². The van der Waals surface area contributed by atoms with Crippen LogP contribution in [0.15, 0.2) is 183 Å². The lowest BCUT2D eigenvalue weighted by molar-refractivity contribution is -0.0498. The normalized spacial score (nSPS) is 13.0. The van der Waals surface area contributed by atoms with Gasteiger partial charge in [-0.3, -0.25) is 19.6 Å². The van der Waals surface area contributed by atoms with Gasteiger partial charge in [0.2, 0.25) is 0 Å². The largest absolute Gasteiger partial charge is 0.435 e. The summed E-state index contributed by atoms with van der Waals surface area (Å²) in [7, 11) is -1.06. The highest BCUT2D eigenvalue weighted by atomic mass is 35.5. The number of H-pyrrole nitrogens is 2. The maximum Gasteiger partial charge on any atom is 0.387 e. The van der Waals surface area contributed by atoms with E-state index < -0.39 is 40.1 Å². The van der Waals surface area contributed by atoms with E-state index in [0.717, 1.165) is 58.8 Å². The van der Waals surface area contributed by atoms with E-state index >= 15 is 0 Å². The first-order valence-electron chi connectivity index (χ1n) is 22.7. The Labute approximate surface area is 424 Å². The zero-order chi connectivity index (χ0) is 51.2. The van der Waals surface area contributed by atoms with Crippen LogP contribution < -0.4 is 32.0 Å². The summed E-state index contributed by atoms with van der Waals surface area (Å²) in [5.74, 6) is 0.444. The van der Waals surface area contributed by atoms with Crippen molar-refractivity contribution in [2.24, 2.45) is 0 Å². The smallest absolute Gasteiger partial charge is 0.387 e. The Morgan fingerprint density at radius 1 is 0.635 bits per heavy atom. The van der Waals surface area contributed by atoms with Gasteiger partial charge in [0.25, 0.3) is 11.1 Å². The minimum Gasteiger partial charge on any atom is -0.435 e. The molecule has 0 aliphatic carbocycles. The van der Waals surface area contributed by atoms with Crippen molar-refractivity contribution in [1.29, 1.82) is 5.26 Å². The second-order valence-electron chi connectivity index (χ2n) is 17.1. The van der Waals surface area contributed by atoms with Gasteiger partial charge >= 0.3 is 18.0 Å². The number of aromatic amines is 2. The second-order valence-corrected chi connectivity index (χ2v) is 18.8. The lowest BCUT2D eigenvalue weighted by Gasteiger charge is -2.19. The average molecular weight is 1020 g/mol. The zero-order valence-corrected chi connectivity index (χ0v) is 39.9. The topological polar surface area (TPSA) is 198 Å². The summed E-state index contributed by atoms with van der Waals surface area (Å²) in [6.07, 6.45) is 7.04. The number of halogens is 3. The lowest BCUT2D eigenvalue weighted by Crippen LogP contribution is -2.33. The van der Waals surface area contributed by atoms with Crippen molar-refractivity contribution in [1.82, 2.24) is 29.1 Å². The van der Waals surface area contributed by atoms with E-state index in [4.69, 9.17) is 11.6 Å². The number of rotatable bonds is 7. The number of hydrogen-bond acceptors (Lipinski definition) is 9. The van der Waals surface area contributed by atoms with E-state index in [-0.39, 0.29) is 22.2 Å². The molecule has 0 bridgehead atoms. The van der Waals surface area contributed by atoms with Crippen LogP contribution in [0.2, 0.25) is 5.02 Å². The molecule has 1 aliphatic heterocycles. The highest BCUT2D eigenvalue weighted by Gasteiger charge is 2.20. The van der Waals surface area contributed by atoms with Crippen molar-refractivity contribution in [3.63, 3.8) is 0 Å². The summed E-state index contributed by atoms with van der Waals surface area (Å²) in [4.78, 5) is 67.2. The fraction of sp³-hybridized carbons (Fsp3) is 0.0536. The van der Waals surface area contributed by atoms with Crippen LogP contribution in [0.25, 0.3) is 88.1 Å². The van der Waals surface area contributed by atoms with Gasteiger partial charge < -0.3 is 19.4 Å². The molecule has 0 fully saturated rings. The minimum absolute atomic E-state index is 0.114. The number of ether oxygens (including phenoxy) is 1. The second kappa shape index (κ2) is 19.3. The van der Waals surface area contributed by atoms with Gasteiger partial charge in [-0.15, -0.1) is 0 Å². The van der Waals surface area contributed by atoms with Crippen molar-refractivity contribution >= 4 is 71.6 Å². The average Bonchev–Trinajstić information content (AvgIpc) is 3.41. The van der Waals surface area contributed by atoms with Gasteiger partial charge in [0.15, 0.2) is 0 Å². The monoisotopic (exact) mass is 1020 g/mol. The number of alkyl halides is 2. The van der Waals surface area contributed by atoms with Crippen molar-refractivity contribution in [3.05, 3.63) is 222 Å². The van der Waals surface area contributed by atoms with Crippen LogP contribution in [0.5, 0.6) is 5.75 Å². The molecule has 4 aromatic heterocycles. The van der Waals surface area contributed by atoms with Gasteiger partial charge in [0, 0.05) is 61.5 Å². The van der Waals surface area contributed by atoms with E-state index in [1.807, 2.05) is 78.9 Å². The Hall–Kier alpha value is -9.37. The Bertz CT molecular complexity index is 4430. The summed E-state index contributed by atoms with van der Waals surface area (Å²) in [6, 6.07) is 42.4. The van der Waals surface area contributed by atoms with E-state index in [1.165, 1.54) is 42.7 Å². The van der Waals surface area contributed by atoms with Crippen LogP contribution in [0, 0.1) is 11.3 Å². The molecule has 0 spiro atoms. The predicted octanol–water partition coefficient (Wildman–Crippen LogP) is 10.2. The highest BCUT2D eigenvalue weighted by Crippen LogP contribution is 2.40. The predicted molar refractivity (Wildman–Crippen MR) is 284 cm³/mol. The van der Waals surface area contributed by atoms with Crippen LogP contribution in [-0.4, -0.2) is 45.6 Å². The van der Waals surface area contributed by atoms with E-state index in [0.29, 0.717) is 56.0 Å². The molecule has 7 aromatic carbocycles. The molecule has 74 heavy (non-hydrogen) atoms. The Balaban J connectivity index is 0.000000161. The number of nitriles is 1. The number of pyridine rings is 2. The number of fused-ring (bicyclic) bond motifs is 5. The maximum absolute atomic E-state index is 13.6. The van der Waals surface area contributed by atoms with E-state index in [1.54, 1.807) is 42.7 Å². The first-order chi connectivity index (χ1) is 35.9. The Morgan fingerprint density at radius 3 is 1.84 bits per heavy atom. The van der Waals surface area contributed by atoms with Gasteiger partial charge in [0.05, 0.1) is 57.2 Å². The molecule has 12 rings (SSSR count). The maximum atomic E-state index is 13.6. The Kier molecular flexibility index (Phi) is 12.3. The van der Waals surface area contributed by atoms with Crippen molar-refractivity contribution in [2.75, 3.05) is 10.5 Å². The molecular weight excluding hydrogens is 986 g/mol. The molecule has 14 nitrogen and oxygen atoms in total. The number of hydrogen-bond donors (Lipinski definition) is 3. The molecule has 11 aromatic rings. The molecule has 0 saturated heterocycles. The van der Waals surface area contributed by atoms with Crippen LogP contribution >= 0.6 is 11.6 Å². The van der Waals surface area contributed by atoms with E-state index in [9.17, 15) is 37.4 Å². The lowest BCUT2D eigenvalue weighted by atomic mass is 9.92. The van der Waals surface area contributed by atoms with Crippen LogP contribution in [0.1, 0.15) is 11.1 Å².